The lowest BCUT2D eigenvalue weighted by atomic mass is 9.91. The van der Waals surface area contributed by atoms with Crippen molar-refractivity contribution in [2.24, 2.45) is 5.92 Å². The Morgan fingerprint density at radius 2 is 1.97 bits per heavy atom. The summed E-state index contributed by atoms with van der Waals surface area (Å²) in [7, 11) is 0. The van der Waals surface area contributed by atoms with E-state index in [0.29, 0.717) is 30.8 Å². The lowest BCUT2D eigenvalue weighted by molar-refractivity contribution is 0.198. The van der Waals surface area contributed by atoms with E-state index in [4.69, 9.17) is 4.74 Å². The number of hydrogen-bond donors (Lipinski definition) is 1. The van der Waals surface area contributed by atoms with Crippen molar-refractivity contribution in [2.75, 3.05) is 18.4 Å². The molecule has 3 heterocycles. The molecule has 2 aliphatic rings. The Balaban J connectivity index is 1.20. The average molecular weight is 456 g/mol. The van der Waals surface area contributed by atoms with Crippen LogP contribution in [0.4, 0.5) is 10.5 Å². The molecule has 1 aliphatic carbocycles. The molecule has 3 aromatic rings. The smallest absolute Gasteiger partial charge is 0.321 e. The lowest BCUT2D eigenvalue weighted by Gasteiger charge is -2.33. The molecule has 0 spiro atoms. The fourth-order valence-electron chi connectivity index (χ4n) is 4.27. The van der Waals surface area contributed by atoms with Gasteiger partial charge in [-0.05, 0) is 72.9 Å². The highest BCUT2D eigenvalue weighted by Crippen LogP contribution is 2.39. The number of aromatic nitrogens is 3. The maximum atomic E-state index is 12.7. The van der Waals surface area contributed by atoms with E-state index in [2.05, 4.69) is 39.3 Å². The van der Waals surface area contributed by atoms with Crippen molar-refractivity contribution in [3.63, 3.8) is 0 Å². The summed E-state index contributed by atoms with van der Waals surface area (Å²) in [5.41, 5.74) is 5.32. The highest BCUT2D eigenvalue weighted by atomic mass is 16.5. The van der Waals surface area contributed by atoms with Crippen LogP contribution in [-0.2, 0) is 0 Å². The van der Waals surface area contributed by atoms with E-state index < -0.39 is 0 Å². The van der Waals surface area contributed by atoms with Gasteiger partial charge in [-0.25, -0.2) is 14.8 Å². The molecule has 1 aromatic carbocycles. The molecule has 1 saturated heterocycles. The third-order valence-corrected chi connectivity index (χ3v) is 6.33. The third-order valence-electron chi connectivity index (χ3n) is 6.33. The Morgan fingerprint density at radius 3 is 2.71 bits per heavy atom. The predicted molar refractivity (Wildman–Crippen MR) is 132 cm³/mol. The number of benzene rings is 1. The van der Waals surface area contributed by atoms with Crippen LogP contribution in [-0.4, -0.2) is 39.0 Å². The first-order valence-corrected chi connectivity index (χ1v) is 11.8. The number of nitrogens with zero attached hydrogens (tertiary/aromatic N) is 4. The number of carbonyl (C=O) groups excluding carboxylic acids is 1. The van der Waals surface area contributed by atoms with Crippen molar-refractivity contribution >= 4 is 17.8 Å². The van der Waals surface area contributed by atoms with Gasteiger partial charge < -0.3 is 15.0 Å². The minimum atomic E-state index is -0.0820. The second-order valence-electron chi connectivity index (χ2n) is 9.25. The minimum Gasteiger partial charge on any atom is -0.424 e. The van der Waals surface area contributed by atoms with Crippen molar-refractivity contribution in [3.05, 3.63) is 77.4 Å². The summed E-state index contributed by atoms with van der Waals surface area (Å²) in [6, 6.07) is 10.2. The standard InChI is InChI=1S/C27H29N5O2/c1-18-10-24(16-28-13-18)31-27(33)32-9-8-22(19(2)17-32)11-20-4-3-5-25(12-20)34-26-29-14-23(15-30-26)21-6-7-21/h3-5,10-16,19,21H,6-9,17H2,1-2H3,(H,31,33). The highest BCUT2D eigenvalue weighted by molar-refractivity contribution is 5.89. The molecule has 2 amide bonds. The lowest BCUT2D eigenvalue weighted by Crippen LogP contribution is -2.42. The number of pyridine rings is 1. The maximum Gasteiger partial charge on any atom is 0.321 e. The molecule has 5 rings (SSSR count). The fourth-order valence-corrected chi connectivity index (χ4v) is 4.27. The van der Waals surface area contributed by atoms with Gasteiger partial charge in [0.2, 0.25) is 0 Å². The number of anilines is 1. The molecule has 7 heteroatoms. The second kappa shape index (κ2) is 9.63. The van der Waals surface area contributed by atoms with Gasteiger partial charge in [0, 0.05) is 31.7 Å². The molecule has 1 atom stereocenters. The van der Waals surface area contributed by atoms with Crippen molar-refractivity contribution in [3.8, 4) is 11.8 Å². The number of rotatable bonds is 5. The molecule has 2 aromatic heterocycles. The topological polar surface area (TPSA) is 80.2 Å². The molecule has 2 fully saturated rings. The zero-order chi connectivity index (χ0) is 23.5. The van der Waals surface area contributed by atoms with Crippen LogP contribution in [0.25, 0.3) is 6.08 Å². The molecule has 174 valence electrons. The maximum absolute atomic E-state index is 12.7. The summed E-state index contributed by atoms with van der Waals surface area (Å²) in [5, 5.41) is 2.96. The van der Waals surface area contributed by atoms with Crippen LogP contribution in [0, 0.1) is 12.8 Å². The minimum absolute atomic E-state index is 0.0820. The Labute approximate surface area is 199 Å². The van der Waals surface area contributed by atoms with Gasteiger partial charge in [0.25, 0.3) is 0 Å². The molecule has 1 aliphatic heterocycles. The van der Waals surface area contributed by atoms with Gasteiger partial charge in [0.1, 0.15) is 5.75 Å². The quantitative estimate of drug-likeness (QED) is 0.525. The first-order valence-electron chi connectivity index (χ1n) is 11.8. The van der Waals surface area contributed by atoms with Crippen LogP contribution in [0.15, 0.2) is 60.7 Å². The summed E-state index contributed by atoms with van der Waals surface area (Å²) in [5.74, 6) is 1.60. The fraction of sp³-hybridized carbons (Fsp3) is 0.333. The van der Waals surface area contributed by atoms with E-state index in [1.54, 1.807) is 12.4 Å². The summed E-state index contributed by atoms with van der Waals surface area (Å²) in [4.78, 5) is 27.4. The van der Waals surface area contributed by atoms with Crippen LogP contribution in [0.5, 0.6) is 11.8 Å². The molecule has 1 unspecified atom stereocenters. The number of ether oxygens (including phenoxy) is 1. The van der Waals surface area contributed by atoms with E-state index in [-0.39, 0.29) is 11.9 Å². The van der Waals surface area contributed by atoms with Gasteiger partial charge in [-0.15, -0.1) is 0 Å². The van der Waals surface area contributed by atoms with E-state index in [1.807, 2.05) is 48.5 Å². The van der Waals surface area contributed by atoms with Gasteiger partial charge in [-0.2, -0.15) is 0 Å². The monoisotopic (exact) mass is 455 g/mol. The number of likely N-dealkylation sites (tertiary alicyclic amines) is 1. The molecular formula is C27H29N5O2. The number of carbonyl (C=O) groups is 1. The Hall–Kier alpha value is -3.74. The van der Waals surface area contributed by atoms with Crippen molar-refractivity contribution < 1.29 is 9.53 Å². The summed E-state index contributed by atoms with van der Waals surface area (Å²) in [6.45, 7) is 5.47. The molecule has 1 saturated carbocycles. The van der Waals surface area contributed by atoms with Crippen LogP contribution < -0.4 is 10.1 Å². The normalized spacial score (nSPS) is 19.2. The van der Waals surface area contributed by atoms with Crippen LogP contribution in [0.2, 0.25) is 0 Å². The van der Waals surface area contributed by atoms with E-state index >= 15 is 0 Å². The van der Waals surface area contributed by atoms with E-state index in [1.165, 1.54) is 24.0 Å². The molecule has 0 bridgehead atoms. The molecular weight excluding hydrogens is 426 g/mol. The molecule has 0 radical (unpaired) electrons. The number of piperidine rings is 1. The predicted octanol–water partition coefficient (Wildman–Crippen LogP) is 5.81. The first kappa shape index (κ1) is 22.1. The zero-order valence-electron chi connectivity index (χ0n) is 19.6. The largest absolute Gasteiger partial charge is 0.424 e. The van der Waals surface area contributed by atoms with E-state index in [9.17, 15) is 4.79 Å². The van der Waals surface area contributed by atoms with Gasteiger partial charge in [0.05, 0.1) is 11.9 Å². The van der Waals surface area contributed by atoms with Gasteiger partial charge in [-0.1, -0.05) is 30.7 Å². The molecule has 34 heavy (non-hydrogen) atoms. The molecule has 1 N–H and O–H groups in total. The summed E-state index contributed by atoms with van der Waals surface area (Å²) in [6.07, 6.45) is 12.7. The van der Waals surface area contributed by atoms with Crippen molar-refractivity contribution in [1.29, 1.82) is 0 Å². The average Bonchev–Trinajstić information content (AvgIpc) is 3.67. The van der Waals surface area contributed by atoms with Gasteiger partial charge in [-0.3, -0.25) is 4.98 Å². The van der Waals surface area contributed by atoms with Crippen molar-refractivity contribution in [2.45, 2.75) is 39.0 Å². The zero-order valence-corrected chi connectivity index (χ0v) is 19.6. The Bertz CT molecular complexity index is 1200. The number of amides is 2. The van der Waals surface area contributed by atoms with Crippen molar-refractivity contribution in [1.82, 2.24) is 19.9 Å². The number of nitrogens with one attached hydrogen (secondary N) is 1. The Kier molecular flexibility index (Phi) is 6.25. The second-order valence-corrected chi connectivity index (χ2v) is 9.25. The molecule has 7 nitrogen and oxygen atoms in total. The number of aryl methyl sites for hydroxylation is 1. The highest BCUT2D eigenvalue weighted by Gasteiger charge is 2.25. The van der Waals surface area contributed by atoms with Crippen LogP contribution in [0.3, 0.4) is 0 Å². The number of urea groups is 1. The third kappa shape index (κ3) is 5.42. The first-order chi connectivity index (χ1) is 16.5. The van der Waals surface area contributed by atoms with E-state index in [0.717, 1.165) is 23.2 Å². The summed E-state index contributed by atoms with van der Waals surface area (Å²) < 4.78 is 5.89. The SMILES string of the molecule is Cc1cncc(NC(=O)N2CCC(=Cc3cccc(Oc4ncc(C5CC5)cn4)c3)C(C)C2)c1. The summed E-state index contributed by atoms with van der Waals surface area (Å²) >= 11 is 0. The van der Waals surface area contributed by atoms with Crippen LogP contribution in [0.1, 0.15) is 48.8 Å². The Morgan fingerprint density at radius 1 is 1.15 bits per heavy atom. The van der Waals surface area contributed by atoms with Gasteiger partial charge in [0.15, 0.2) is 0 Å². The van der Waals surface area contributed by atoms with Crippen LogP contribution >= 0.6 is 0 Å². The van der Waals surface area contributed by atoms with Gasteiger partial charge >= 0.3 is 12.0 Å². The number of hydrogen-bond acceptors (Lipinski definition) is 5.